The number of aromatic amines is 2. The minimum Gasteiger partial charge on any atom is -0.481 e. The predicted molar refractivity (Wildman–Crippen MR) is 447 cm³/mol. The van der Waals surface area contributed by atoms with Crippen LogP contribution in [0.15, 0.2) is 86.3 Å². The molecule has 6 fully saturated rings. The number of imidazole rings is 3. The zero-order valence-corrected chi connectivity index (χ0v) is 75.0. The summed E-state index contributed by atoms with van der Waals surface area (Å²) in [5.41, 5.74) is 11.4. The molecule has 1 amide bonds. The highest BCUT2D eigenvalue weighted by molar-refractivity contribution is 9.09. The number of hydrogen-bond donors (Lipinski definition) is 5. The summed E-state index contributed by atoms with van der Waals surface area (Å²) >= 11 is 20.1. The Kier molecular flexibility index (Phi) is 38.3. The fourth-order valence-corrected chi connectivity index (χ4v) is 18.2. The fraction of sp³-hybridized carbons (Fsp3) is 0.619. The molecule has 22 nitrogen and oxygen atoms in total. The summed E-state index contributed by atoms with van der Waals surface area (Å²) in [5.74, 6) is -9.96. The van der Waals surface area contributed by atoms with Crippen molar-refractivity contribution in [1.29, 1.82) is 0 Å². The van der Waals surface area contributed by atoms with Gasteiger partial charge in [-0.25, -0.2) is 19.9 Å². The lowest BCUT2D eigenvalue weighted by Gasteiger charge is -2.29. The van der Waals surface area contributed by atoms with E-state index in [0.29, 0.717) is 66.9 Å². The zero-order chi connectivity index (χ0) is 99.9. The number of amides is 1. The maximum Gasteiger partial charge on any atom is 0.391 e. The van der Waals surface area contributed by atoms with E-state index < -0.39 is 127 Å². The fourth-order valence-electron chi connectivity index (χ4n) is 17.1. The number of fused-ring (bicyclic) bond motifs is 3. The van der Waals surface area contributed by atoms with Crippen molar-refractivity contribution in [3.05, 3.63) is 147 Å². The molecule has 14 rings (SSSR count). The van der Waals surface area contributed by atoms with Gasteiger partial charge in [0.2, 0.25) is 29.2 Å². The van der Waals surface area contributed by atoms with E-state index in [1.165, 1.54) is 78.1 Å². The summed E-state index contributed by atoms with van der Waals surface area (Å²) in [6.45, 7) is 1.27. The zero-order valence-electron chi connectivity index (χ0n) is 71.2. The highest BCUT2D eigenvalue weighted by atomic mass is 79.9. The molecule has 0 radical (unpaired) electrons. The first-order valence-electron chi connectivity index (χ1n) is 42.6. The van der Waals surface area contributed by atoms with Crippen LogP contribution in [0.5, 0.6) is 0 Å². The molecule has 0 spiro atoms. The van der Waals surface area contributed by atoms with Gasteiger partial charge in [-0.2, -0.15) is 105 Å². The van der Waals surface area contributed by atoms with Crippen molar-refractivity contribution >= 4 is 97.5 Å². The SMILES string of the molecule is CC(=O)C1CCC(C(F)(F)F)CC1.NC(=O)c1ccc(-c2cc(=O)n3cc(C4CCC(C(F)(F)F)CC4)nc3n2CCCC(F)(F)F)cc1.Nc1nc(Cl)cc(=O)[nH]1.O=C(CBr)C1CCC(C(F)(F)F)CC1.O=C(O)C1CCC(C(F)(F)F)CC1.O=c1cc(Cl)n(CCCC(F)(F)F)c2nc(C3CCC(C(F)(F)F)CC3)cn12.O=c1cc(Cl)nc2[nH]c(C3CCC(C(F)(F)F)CC3)cn12. The summed E-state index contributed by atoms with van der Waals surface area (Å²) in [7, 11) is 0. The molecule has 134 heavy (non-hydrogen) atoms. The van der Waals surface area contributed by atoms with Gasteiger partial charge >= 0.3 is 55.4 Å². The van der Waals surface area contributed by atoms with Gasteiger partial charge in [0.05, 0.1) is 63.8 Å². The number of carbonyl (C=O) groups is 4. The number of H-pyrrole nitrogens is 2. The summed E-state index contributed by atoms with van der Waals surface area (Å²) < 4.78 is 308. The van der Waals surface area contributed by atoms with Gasteiger partial charge < -0.3 is 30.7 Å². The van der Waals surface area contributed by atoms with Crippen molar-refractivity contribution in [1.82, 2.24) is 52.2 Å². The number of nitrogens with one attached hydrogen (secondary N) is 2. The van der Waals surface area contributed by atoms with E-state index >= 15 is 0 Å². The van der Waals surface area contributed by atoms with Crippen molar-refractivity contribution in [2.75, 3.05) is 11.1 Å². The third-order valence-electron chi connectivity index (χ3n) is 24.7. The number of nitrogens with zero attached hydrogens (tertiary/aromatic N) is 9. The maximum absolute atomic E-state index is 13.1. The second kappa shape index (κ2) is 46.5. The van der Waals surface area contributed by atoms with Crippen LogP contribution in [-0.4, -0.2) is 136 Å². The van der Waals surface area contributed by atoms with Crippen molar-refractivity contribution in [2.45, 2.75) is 267 Å². The number of aromatic nitrogens is 11. The van der Waals surface area contributed by atoms with Crippen molar-refractivity contribution < 1.29 is 130 Å². The number of anilines is 1. The second-order valence-electron chi connectivity index (χ2n) is 33.9. The average molecular weight is 2070 g/mol. The number of primary amides is 1. The Hall–Kier alpha value is -8.89. The maximum atomic E-state index is 13.1. The lowest BCUT2D eigenvalue weighted by atomic mass is 9.80. The average Bonchev–Trinajstić information content (AvgIpc) is 1.59. The Morgan fingerprint density at radius 1 is 0.440 bits per heavy atom. The van der Waals surface area contributed by atoms with E-state index in [0.717, 1.165) is 17.8 Å². The van der Waals surface area contributed by atoms with Crippen LogP contribution in [0.25, 0.3) is 28.6 Å². The van der Waals surface area contributed by atoms with Gasteiger partial charge in [-0.1, -0.05) is 62.9 Å². The number of aryl methyl sites for hydroxylation is 2. The summed E-state index contributed by atoms with van der Waals surface area (Å²) in [6.07, 6.45) is -27.3. The van der Waals surface area contributed by atoms with Crippen LogP contribution in [-0.2, 0) is 27.5 Å². The number of hydrogen-bond acceptors (Lipinski definition) is 13. The first-order valence-corrected chi connectivity index (χ1v) is 44.8. The molecule has 50 heteroatoms. The standard InChI is InChI=1S/C24H24F6N4O2.C17H18ClF6N3O.C13H13ClF3N3O.C9H12BrF3O.C9H13F3O.C8H11F3O2.C4H4ClN3O/c25-23(26,27)10-1-11-33-19(15-2-4-16(5-3-15)21(31)36)12-20(35)34-13-18(32-22(33)34)14-6-8-17(9-7-14)24(28,29)30;18-13-8-14(28)27-9-12(10-2-4-11(5-3-10)17(22,23)24)25-15(27)26(13)7-1-6-16(19,20)21;14-10-5-11(21)20-6-9(18-12(20)19-10)7-1-3-8(4-2-7)13(15,16)17;10-5-8(14)6-1-3-7(4-2-6)9(11,12)13;1-6(13)7-2-4-8(5-3-7)9(10,11)12;9-8(10,11)6-3-1-5(2-4-6)7(12)13;5-2-1-3(9)8-4(6)7-2/h2-5,12-14,17H,1,6-11H2,(H2,31,36);8-11H,1-7H2;5-8H,1-4H2,(H,18,19);6-7H,1-5H2;7-8H,2-5H2,1H3;5-6H,1-4H2,(H,12,13);1H,(H3,6,7,8,9). The molecule has 7 N–H and O–H groups in total. The van der Waals surface area contributed by atoms with Crippen LogP contribution < -0.4 is 33.7 Å². The van der Waals surface area contributed by atoms with Crippen LogP contribution in [0.1, 0.15) is 232 Å². The van der Waals surface area contributed by atoms with E-state index in [4.69, 9.17) is 51.4 Å². The first-order chi connectivity index (χ1) is 62.1. The minimum atomic E-state index is -4.36. The molecule has 8 aromatic rings. The summed E-state index contributed by atoms with van der Waals surface area (Å²) in [6, 6.07) is 10.7. The van der Waals surface area contributed by atoms with Crippen molar-refractivity contribution in [3.63, 3.8) is 0 Å². The quantitative estimate of drug-likeness (QED) is 0.0362. The van der Waals surface area contributed by atoms with Crippen LogP contribution >= 0.6 is 50.7 Å². The molecule has 0 unspecified atom stereocenters. The second-order valence-corrected chi connectivity index (χ2v) is 35.6. The lowest BCUT2D eigenvalue weighted by Crippen LogP contribution is -2.30. The number of aliphatic carboxylic acids is 1. The van der Waals surface area contributed by atoms with Crippen molar-refractivity contribution in [3.8, 4) is 11.3 Å². The van der Waals surface area contributed by atoms with Gasteiger partial charge in [0.25, 0.3) is 22.2 Å². The molecule has 746 valence electrons. The molecular weight excluding hydrogens is 1980 g/mol. The topological polar surface area (TPSA) is 315 Å². The molecule has 6 aliphatic rings. The monoisotopic (exact) mass is 2070 g/mol. The largest absolute Gasteiger partial charge is 0.481 e. The minimum absolute atomic E-state index is 0.0107. The molecule has 6 saturated carbocycles. The first kappa shape index (κ1) is 110. The number of nitrogens with two attached hydrogens (primary N) is 2. The van der Waals surface area contributed by atoms with Gasteiger partial charge in [0.1, 0.15) is 27.0 Å². The van der Waals surface area contributed by atoms with E-state index in [-0.39, 0.29) is 238 Å². The van der Waals surface area contributed by atoms with Crippen LogP contribution in [0.4, 0.5) is 111 Å². The third kappa shape index (κ3) is 32.7. The highest BCUT2D eigenvalue weighted by Crippen LogP contribution is 2.48. The smallest absolute Gasteiger partial charge is 0.391 e. The molecule has 7 aromatic heterocycles. The lowest BCUT2D eigenvalue weighted by molar-refractivity contribution is -0.186. The third-order valence-corrected chi connectivity index (χ3v) is 25.9. The molecule has 6 aliphatic carbocycles. The molecule has 0 saturated heterocycles. The Balaban J connectivity index is 0.000000202. The van der Waals surface area contributed by atoms with E-state index in [1.807, 2.05) is 0 Å². The van der Waals surface area contributed by atoms with E-state index in [9.17, 15) is 144 Å². The Bertz CT molecular complexity index is 5410. The number of benzene rings is 1. The van der Waals surface area contributed by atoms with Crippen LogP contribution in [0.2, 0.25) is 15.5 Å². The summed E-state index contributed by atoms with van der Waals surface area (Å²) in [5, 5.41) is 8.97. The van der Waals surface area contributed by atoms with Crippen molar-refractivity contribution in [2.24, 2.45) is 59.0 Å². The molecule has 0 atom stereocenters. The normalized spacial score (nSPS) is 22.8. The van der Waals surface area contributed by atoms with Gasteiger partial charge in [-0.15, -0.1) is 0 Å². The van der Waals surface area contributed by atoms with Gasteiger partial charge in [-0.05, 0) is 192 Å². The van der Waals surface area contributed by atoms with E-state index in [1.54, 1.807) is 6.20 Å². The number of nitrogen functional groups attached to an aromatic ring is 1. The van der Waals surface area contributed by atoms with Crippen LogP contribution in [0, 0.1) is 53.3 Å². The van der Waals surface area contributed by atoms with Gasteiger partial charge in [0, 0.05) is 110 Å². The number of rotatable bonds is 15. The number of alkyl halides is 25. The number of halogens is 28. The highest BCUT2D eigenvalue weighted by Gasteiger charge is 2.48. The van der Waals surface area contributed by atoms with Gasteiger partial charge in [0.15, 0.2) is 0 Å². The number of carbonyl (C=O) groups excluding carboxylic acids is 3. The molecule has 0 aliphatic heterocycles. The summed E-state index contributed by atoms with van der Waals surface area (Å²) in [4.78, 5) is 113. The number of carboxylic acids is 1. The number of carboxylic acid groups (broad SMARTS) is 1. The molecule has 0 bridgehead atoms. The Morgan fingerprint density at radius 3 is 1.16 bits per heavy atom. The molecule has 7 heterocycles. The van der Waals surface area contributed by atoms with Crippen LogP contribution in [0.3, 0.4) is 0 Å². The number of Topliss-reactive ketones (excluding diaryl/α,β-unsaturated/α-hetero) is 2. The predicted octanol–water partition coefficient (Wildman–Crippen LogP) is 23.0. The Labute approximate surface area is 770 Å². The number of ketones is 2. The van der Waals surface area contributed by atoms with E-state index in [2.05, 4.69) is 45.8 Å². The van der Waals surface area contributed by atoms with Gasteiger partial charge in [-0.3, -0.25) is 56.5 Å². The molecular formula is C84H95BrCl3F24N13O9. The molecule has 1 aromatic carbocycles. The Morgan fingerprint density at radius 2 is 0.799 bits per heavy atom.